The third-order valence-corrected chi connectivity index (χ3v) is 4.54. The molecule has 1 aromatic heterocycles. The van der Waals surface area contributed by atoms with E-state index in [4.69, 9.17) is 0 Å². The quantitative estimate of drug-likeness (QED) is 0.690. The predicted molar refractivity (Wildman–Crippen MR) is 81.4 cm³/mol. The van der Waals surface area contributed by atoms with Crippen LogP contribution in [0.2, 0.25) is 0 Å². The first kappa shape index (κ1) is 12.0. The van der Waals surface area contributed by atoms with Crippen LogP contribution in [0.25, 0.3) is 16.5 Å². The van der Waals surface area contributed by atoms with E-state index in [1.807, 2.05) is 0 Å². The molecular formula is C18H18FN. The van der Waals surface area contributed by atoms with E-state index in [2.05, 4.69) is 35.9 Å². The summed E-state index contributed by atoms with van der Waals surface area (Å²) in [6.07, 6.45) is 10.0. The largest absolute Gasteiger partial charge is 0.347 e. The molecule has 20 heavy (non-hydrogen) atoms. The fraction of sp³-hybridized carbons (Fsp3) is 0.333. The lowest BCUT2D eigenvalue weighted by Crippen LogP contribution is -2.06. The van der Waals surface area contributed by atoms with E-state index in [0.29, 0.717) is 0 Å². The number of aromatic nitrogens is 1. The second-order valence-corrected chi connectivity index (χ2v) is 5.85. The number of nitrogens with zero attached hydrogens (tertiary/aromatic N) is 1. The Balaban J connectivity index is 2.05. The highest BCUT2D eigenvalue weighted by Crippen LogP contribution is 2.39. The molecular weight excluding hydrogens is 249 g/mol. The normalized spacial score (nSPS) is 18.1. The second-order valence-electron chi connectivity index (χ2n) is 5.85. The number of allylic oxidation sites excluding steroid dienone is 4. The van der Waals surface area contributed by atoms with Crippen LogP contribution < -0.4 is 0 Å². The van der Waals surface area contributed by atoms with Crippen molar-refractivity contribution in [1.29, 1.82) is 0 Å². The van der Waals surface area contributed by atoms with E-state index in [-0.39, 0.29) is 5.83 Å². The first-order valence-corrected chi connectivity index (χ1v) is 7.43. The molecule has 0 N–H and O–H groups in total. The molecule has 1 aromatic carbocycles. The van der Waals surface area contributed by atoms with Gasteiger partial charge in [0.15, 0.2) is 0 Å². The van der Waals surface area contributed by atoms with Crippen LogP contribution in [-0.4, -0.2) is 4.57 Å². The van der Waals surface area contributed by atoms with Crippen LogP contribution >= 0.6 is 0 Å². The van der Waals surface area contributed by atoms with Gasteiger partial charge in [0, 0.05) is 29.3 Å². The van der Waals surface area contributed by atoms with Gasteiger partial charge in [-0.3, -0.25) is 0 Å². The summed E-state index contributed by atoms with van der Waals surface area (Å²) in [5, 5.41) is 1.25. The Bertz CT molecular complexity index is 761. The minimum absolute atomic E-state index is 0.0562. The van der Waals surface area contributed by atoms with Crippen LogP contribution in [-0.2, 0) is 13.0 Å². The van der Waals surface area contributed by atoms with Crippen LogP contribution in [0, 0.1) is 6.92 Å². The van der Waals surface area contributed by atoms with Crippen LogP contribution in [0.15, 0.2) is 36.3 Å². The van der Waals surface area contributed by atoms with Crippen molar-refractivity contribution in [3.63, 3.8) is 0 Å². The standard InChI is InChI=1S/C18H18FN/c1-12-8-9-13-5-4-10-20-11-15(17(12)18(13)20)14-6-2-3-7-16(14)19/h6-9,11H,2-5,10H2,1H3. The monoisotopic (exact) mass is 267 g/mol. The van der Waals surface area contributed by atoms with Gasteiger partial charge < -0.3 is 4.57 Å². The van der Waals surface area contributed by atoms with Crippen molar-refractivity contribution in [3.05, 3.63) is 53.0 Å². The third-order valence-electron chi connectivity index (χ3n) is 4.54. The summed E-state index contributed by atoms with van der Waals surface area (Å²) < 4.78 is 16.5. The molecule has 0 spiro atoms. The van der Waals surface area contributed by atoms with Gasteiger partial charge in [0.05, 0.1) is 5.52 Å². The summed E-state index contributed by atoms with van der Waals surface area (Å²) >= 11 is 0. The Morgan fingerprint density at radius 2 is 2.00 bits per heavy atom. The molecule has 2 aromatic rings. The molecule has 1 nitrogen and oxygen atoms in total. The van der Waals surface area contributed by atoms with Crippen LogP contribution in [0.4, 0.5) is 4.39 Å². The first-order valence-electron chi connectivity index (χ1n) is 7.43. The number of hydrogen-bond donors (Lipinski definition) is 0. The summed E-state index contributed by atoms with van der Waals surface area (Å²) in [6.45, 7) is 3.18. The van der Waals surface area contributed by atoms with E-state index >= 15 is 0 Å². The summed E-state index contributed by atoms with van der Waals surface area (Å²) in [7, 11) is 0. The third kappa shape index (κ3) is 1.60. The van der Waals surface area contributed by atoms with Gasteiger partial charge in [-0.25, -0.2) is 4.39 Å². The van der Waals surface area contributed by atoms with Crippen molar-refractivity contribution >= 4 is 16.5 Å². The van der Waals surface area contributed by atoms with Crippen molar-refractivity contribution in [1.82, 2.24) is 4.57 Å². The topological polar surface area (TPSA) is 4.93 Å². The minimum Gasteiger partial charge on any atom is -0.347 e. The number of hydrogen-bond acceptors (Lipinski definition) is 0. The van der Waals surface area contributed by atoms with E-state index in [0.717, 1.165) is 36.9 Å². The Labute approximate surface area is 118 Å². The van der Waals surface area contributed by atoms with Gasteiger partial charge in [0.25, 0.3) is 0 Å². The fourth-order valence-corrected chi connectivity index (χ4v) is 3.59. The fourth-order valence-electron chi connectivity index (χ4n) is 3.59. The average molecular weight is 267 g/mol. The second kappa shape index (κ2) is 4.34. The van der Waals surface area contributed by atoms with Crippen molar-refractivity contribution in [2.75, 3.05) is 0 Å². The molecule has 0 radical (unpaired) electrons. The molecule has 2 heteroatoms. The summed E-state index contributed by atoms with van der Waals surface area (Å²) in [5.74, 6) is -0.0562. The molecule has 0 saturated heterocycles. The highest BCUT2D eigenvalue weighted by molar-refractivity contribution is 6.00. The lowest BCUT2D eigenvalue weighted by atomic mass is 9.94. The van der Waals surface area contributed by atoms with Crippen molar-refractivity contribution in [2.45, 2.75) is 39.2 Å². The molecule has 2 aliphatic rings. The molecule has 0 unspecified atom stereocenters. The zero-order chi connectivity index (χ0) is 13.7. The average Bonchev–Trinajstić information content (AvgIpc) is 2.85. The number of halogens is 1. The zero-order valence-corrected chi connectivity index (χ0v) is 11.7. The Morgan fingerprint density at radius 1 is 1.15 bits per heavy atom. The molecule has 1 aliphatic carbocycles. The lowest BCUT2D eigenvalue weighted by molar-refractivity contribution is 0.634. The van der Waals surface area contributed by atoms with Crippen molar-refractivity contribution in [2.24, 2.45) is 0 Å². The van der Waals surface area contributed by atoms with Crippen molar-refractivity contribution < 1.29 is 4.39 Å². The predicted octanol–water partition coefficient (Wildman–Crippen LogP) is 4.93. The summed E-state index contributed by atoms with van der Waals surface area (Å²) in [4.78, 5) is 0. The Kier molecular flexibility index (Phi) is 2.59. The smallest absolute Gasteiger partial charge is 0.126 e. The highest BCUT2D eigenvalue weighted by Gasteiger charge is 2.21. The maximum Gasteiger partial charge on any atom is 0.126 e. The minimum atomic E-state index is -0.0562. The molecule has 102 valence electrons. The molecule has 0 amide bonds. The van der Waals surface area contributed by atoms with Crippen LogP contribution in [0.3, 0.4) is 0 Å². The maximum atomic E-state index is 14.2. The van der Waals surface area contributed by atoms with Gasteiger partial charge in [0.1, 0.15) is 5.83 Å². The molecule has 0 fully saturated rings. The van der Waals surface area contributed by atoms with Crippen molar-refractivity contribution in [3.8, 4) is 0 Å². The van der Waals surface area contributed by atoms with E-state index < -0.39 is 0 Å². The van der Waals surface area contributed by atoms with Gasteiger partial charge in [-0.15, -0.1) is 0 Å². The Hall–Kier alpha value is -1.83. The van der Waals surface area contributed by atoms with Gasteiger partial charge in [0.2, 0.25) is 0 Å². The zero-order valence-electron chi connectivity index (χ0n) is 11.7. The lowest BCUT2D eigenvalue weighted by Gasteiger charge is -2.16. The van der Waals surface area contributed by atoms with E-state index in [9.17, 15) is 4.39 Å². The molecule has 1 aliphatic heterocycles. The SMILES string of the molecule is Cc1ccc2c3c1c(C1=CCCC=C1F)cn3CCC2. The van der Waals surface area contributed by atoms with Gasteiger partial charge >= 0.3 is 0 Å². The van der Waals surface area contributed by atoms with Crippen LogP contribution in [0.5, 0.6) is 0 Å². The summed E-state index contributed by atoms with van der Waals surface area (Å²) in [5.41, 5.74) is 5.85. The number of rotatable bonds is 1. The van der Waals surface area contributed by atoms with Gasteiger partial charge in [-0.05, 0) is 49.8 Å². The molecule has 4 rings (SSSR count). The molecule has 2 heterocycles. The highest BCUT2D eigenvalue weighted by atomic mass is 19.1. The first-order chi connectivity index (χ1) is 9.75. The molecule has 0 atom stereocenters. The maximum absolute atomic E-state index is 14.2. The number of aryl methyl sites for hydroxylation is 3. The molecule has 0 bridgehead atoms. The summed E-state index contributed by atoms with van der Waals surface area (Å²) in [6, 6.07) is 4.42. The van der Waals surface area contributed by atoms with Crippen LogP contribution in [0.1, 0.15) is 36.0 Å². The van der Waals surface area contributed by atoms with Gasteiger partial charge in [-0.1, -0.05) is 18.2 Å². The number of benzene rings is 1. The van der Waals surface area contributed by atoms with Gasteiger partial charge in [-0.2, -0.15) is 0 Å². The van der Waals surface area contributed by atoms with E-state index in [1.165, 1.54) is 28.5 Å². The van der Waals surface area contributed by atoms with E-state index in [1.54, 1.807) is 6.08 Å². The molecule has 0 saturated carbocycles. The Morgan fingerprint density at radius 3 is 2.85 bits per heavy atom.